The first-order valence-corrected chi connectivity index (χ1v) is 6.53. The molecular formula is C17H20O3. The first-order chi connectivity index (χ1) is 9.80. The van der Waals surface area contributed by atoms with Crippen molar-refractivity contribution in [3.8, 4) is 16.9 Å². The third-order valence-corrected chi connectivity index (χ3v) is 3.15. The summed E-state index contributed by atoms with van der Waals surface area (Å²) in [4.78, 5) is 0. The van der Waals surface area contributed by atoms with E-state index in [-0.39, 0.29) is 0 Å². The molecule has 2 aromatic rings. The van der Waals surface area contributed by atoms with Crippen molar-refractivity contribution >= 4 is 0 Å². The zero-order valence-electron chi connectivity index (χ0n) is 12.2. The largest absolute Gasteiger partial charge is 0.496 e. The van der Waals surface area contributed by atoms with E-state index in [0.717, 1.165) is 22.4 Å². The summed E-state index contributed by atoms with van der Waals surface area (Å²) in [6.07, 6.45) is 0. The van der Waals surface area contributed by atoms with Gasteiger partial charge < -0.3 is 14.2 Å². The van der Waals surface area contributed by atoms with Crippen molar-refractivity contribution in [2.75, 3.05) is 21.3 Å². The highest BCUT2D eigenvalue weighted by molar-refractivity contribution is 5.67. The lowest BCUT2D eigenvalue weighted by molar-refractivity contribution is 0.174. The van der Waals surface area contributed by atoms with E-state index in [1.807, 2.05) is 18.2 Å². The van der Waals surface area contributed by atoms with E-state index in [9.17, 15) is 0 Å². The zero-order valence-corrected chi connectivity index (χ0v) is 12.2. The second-order valence-corrected chi connectivity index (χ2v) is 4.56. The molecule has 0 N–H and O–H groups in total. The fourth-order valence-corrected chi connectivity index (χ4v) is 2.34. The Hall–Kier alpha value is -1.84. The molecule has 2 rings (SSSR count). The quantitative estimate of drug-likeness (QED) is 0.803. The van der Waals surface area contributed by atoms with Crippen LogP contribution in [0, 0.1) is 0 Å². The number of ether oxygens (including phenoxy) is 3. The minimum absolute atomic E-state index is 0.514. The molecule has 0 bridgehead atoms. The van der Waals surface area contributed by atoms with Gasteiger partial charge in [0.15, 0.2) is 0 Å². The highest BCUT2D eigenvalue weighted by Crippen LogP contribution is 2.31. The Morgan fingerprint density at radius 3 is 1.75 bits per heavy atom. The second-order valence-electron chi connectivity index (χ2n) is 4.56. The van der Waals surface area contributed by atoms with Crippen molar-refractivity contribution in [3.05, 3.63) is 53.6 Å². The Kier molecular flexibility index (Phi) is 5.16. The molecule has 0 aliphatic carbocycles. The predicted molar refractivity (Wildman–Crippen MR) is 79.9 cm³/mol. The van der Waals surface area contributed by atoms with Crippen molar-refractivity contribution in [1.29, 1.82) is 0 Å². The summed E-state index contributed by atoms with van der Waals surface area (Å²) in [7, 11) is 5.05. The average Bonchev–Trinajstić information content (AvgIpc) is 2.48. The second kappa shape index (κ2) is 7.08. The van der Waals surface area contributed by atoms with Gasteiger partial charge in [-0.15, -0.1) is 0 Å². The third kappa shape index (κ3) is 3.18. The molecule has 0 heterocycles. The van der Waals surface area contributed by atoms with Crippen LogP contribution >= 0.6 is 0 Å². The van der Waals surface area contributed by atoms with Gasteiger partial charge in [0.25, 0.3) is 0 Å². The van der Waals surface area contributed by atoms with Crippen LogP contribution < -0.4 is 4.74 Å². The number of benzene rings is 2. The first kappa shape index (κ1) is 14.6. The fourth-order valence-electron chi connectivity index (χ4n) is 2.34. The van der Waals surface area contributed by atoms with Gasteiger partial charge in [-0.1, -0.05) is 30.3 Å². The van der Waals surface area contributed by atoms with Gasteiger partial charge in [-0.2, -0.15) is 0 Å². The topological polar surface area (TPSA) is 27.7 Å². The van der Waals surface area contributed by atoms with Crippen LogP contribution in [0.4, 0.5) is 0 Å². The Morgan fingerprint density at radius 2 is 1.30 bits per heavy atom. The van der Waals surface area contributed by atoms with Crippen molar-refractivity contribution in [1.82, 2.24) is 0 Å². The molecule has 3 heteroatoms. The van der Waals surface area contributed by atoms with Crippen molar-refractivity contribution in [2.24, 2.45) is 0 Å². The van der Waals surface area contributed by atoms with E-state index >= 15 is 0 Å². The third-order valence-electron chi connectivity index (χ3n) is 3.15. The SMILES string of the molecule is COCc1cc(-c2ccccc2)cc(COC)c1OC. The van der Waals surface area contributed by atoms with Crippen LogP contribution in [0.15, 0.2) is 42.5 Å². The number of hydrogen-bond donors (Lipinski definition) is 0. The van der Waals surface area contributed by atoms with Crippen molar-refractivity contribution < 1.29 is 14.2 Å². The Labute approximate surface area is 120 Å². The van der Waals surface area contributed by atoms with Gasteiger partial charge in [0.2, 0.25) is 0 Å². The lowest BCUT2D eigenvalue weighted by Gasteiger charge is -2.15. The molecule has 0 spiro atoms. The van der Waals surface area contributed by atoms with Crippen LogP contribution in [0.2, 0.25) is 0 Å². The molecule has 0 saturated carbocycles. The molecule has 0 amide bonds. The van der Waals surface area contributed by atoms with Gasteiger partial charge in [-0.05, 0) is 23.3 Å². The number of rotatable bonds is 6. The van der Waals surface area contributed by atoms with Crippen LogP contribution in [-0.2, 0) is 22.7 Å². The van der Waals surface area contributed by atoms with Gasteiger partial charge in [-0.25, -0.2) is 0 Å². The van der Waals surface area contributed by atoms with E-state index in [1.165, 1.54) is 5.56 Å². The molecule has 0 saturated heterocycles. The standard InChI is InChI=1S/C17H20O3/c1-18-11-15-9-14(13-7-5-4-6-8-13)10-16(12-19-2)17(15)20-3/h4-10H,11-12H2,1-3H3. The molecule has 0 aliphatic heterocycles. The van der Waals surface area contributed by atoms with Gasteiger partial charge in [0, 0.05) is 25.3 Å². The van der Waals surface area contributed by atoms with Crippen LogP contribution in [-0.4, -0.2) is 21.3 Å². The molecule has 0 unspecified atom stereocenters. The molecule has 3 nitrogen and oxygen atoms in total. The van der Waals surface area contributed by atoms with E-state index in [1.54, 1.807) is 21.3 Å². The minimum Gasteiger partial charge on any atom is -0.496 e. The summed E-state index contributed by atoms with van der Waals surface area (Å²) in [5.41, 5.74) is 4.38. The predicted octanol–water partition coefficient (Wildman–Crippen LogP) is 3.66. The summed E-state index contributed by atoms with van der Waals surface area (Å²) in [5, 5.41) is 0. The highest BCUT2D eigenvalue weighted by Gasteiger charge is 2.12. The number of methoxy groups -OCH3 is 3. The summed E-state index contributed by atoms with van der Waals surface area (Å²) in [6.45, 7) is 1.03. The van der Waals surface area contributed by atoms with E-state index in [2.05, 4.69) is 24.3 Å². The molecule has 0 radical (unpaired) electrons. The average molecular weight is 272 g/mol. The summed E-state index contributed by atoms with van der Waals surface area (Å²) in [5.74, 6) is 0.841. The van der Waals surface area contributed by atoms with E-state index < -0.39 is 0 Å². The smallest absolute Gasteiger partial charge is 0.129 e. The maximum Gasteiger partial charge on any atom is 0.129 e. The van der Waals surface area contributed by atoms with Crippen LogP contribution in [0.3, 0.4) is 0 Å². The summed E-state index contributed by atoms with van der Waals surface area (Å²) in [6, 6.07) is 14.5. The van der Waals surface area contributed by atoms with Gasteiger partial charge >= 0.3 is 0 Å². The van der Waals surface area contributed by atoms with Gasteiger partial charge in [0.1, 0.15) is 5.75 Å². The minimum atomic E-state index is 0.514. The fraction of sp³-hybridized carbons (Fsp3) is 0.294. The molecule has 0 aliphatic rings. The Morgan fingerprint density at radius 1 is 0.750 bits per heavy atom. The van der Waals surface area contributed by atoms with E-state index in [0.29, 0.717) is 13.2 Å². The highest BCUT2D eigenvalue weighted by atomic mass is 16.5. The molecule has 106 valence electrons. The zero-order chi connectivity index (χ0) is 14.4. The lowest BCUT2D eigenvalue weighted by atomic mass is 9.99. The van der Waals surface area contributed by atoms with Crippen LogP contribution in [0.1, 0.15) is 11.1 Å². The normalized spacial score (nSPS) is 10.6. The summed E-state index contributed by atoms with van der Waals surface area (Å²) < 4.78 is 16.1. The molecule has 0 aromatic heterocycles. The van der Waals surface area contributed by atoms with Crippen molar-refractivity contribution in [2.45, 2.75) is 13.2 Å². The molecule has 20 heavy (non-hydrogen) atoms. The Bertz CT molecular complexity index is 522. The maximum absolute atomic E-state index is 5.51. The molecule has 0 atom stereocenters. The molecular weight excluding hydrogens is 252 g/mol. The molecule has 2 aromatic carbocycles. The van der Waals surface area contributed by atoms with Crippen LogP contribution in [0.25, 0.3) is 11.1 Å². The van der Waals surface area contributed by atoms with Gasteiger partial charge in [-0.3, -0.25) is 0 Å². The Balaban J connectivity index is 2.53. The monoisotopic (exact) mass is 272 g/mol. The van der Waals surface area contributed by atoms with Gasteiger partial charge in [0.05, 0.1) is 20.3 Å². The van der Waals surface area contributed by atoms with Crippen LogP contribution in [0.5, 0.6) is 5.75 Å². The lowest BCUT2D eigenvalue weighted by Crippen LogP contribution is -2.01. The van der Waals surface area contributed by atoms with E-state index in [4.69, 9.17) is 14.2 Å². The first-order valence-electron chi connectivity index (χ1n) is 6.53. The molecule has 0 fully saturated rings. The number of hydrogen-bond acceptors (Lipinski definition) is 3. The van der Waals surface area contributed by atoms with Crippen molar-refractivity contribution in [3.63, 3.8) is 0 Å². The maximum atomic E-state index is 5.51. The summed E-state index contributed by atoms with van der Waals surface area (Å²) >= 11 is 0.